The third-order valence-electron chi connectivity index (χ3n) is 6.70. The summed E-state index contributed by atoms with van der Waals surface area (Å²) < 4.78 is 7.24. The molecule has 6 nitrogen and oxygen atoms in total. The number of benzene rings is 2. The molecule has 32 heavy (non-hydrogen) atoms. The predicted molar refractivity (Wildman–Crippen MR) is 124 cm³/mol. The number of nitrogens with zero attached hydrogens (tertiary/aromatic N) is 4. The topological polar surface area (TPSA) is 50.6 Å². The number of carbonyl (C=O) groups excluding carboxylic acids is 1. The highest BCUT2D eigenvalue weighted by Gasteiger charge is 2.43. The molecule has 1 amide bonds. The predicted octanol–water partition coefficient (Wildman–Crippen LogP) is 5.14. The third-order valence-corrected chi connectivity index (χ3v) is 6.90. The van der Waals surface area contributed by atoms with Crippen LogP contribution in [-0.4, -0.2) is 51.8 Å². The Hall–Kier alpha value is -2.83. The molecular formula is C25H27ClN4O2. The molecule has 5 rings (SSSR count). The van der Waals surface area contributed by atoms with Crippen LogP contribution >= 0.6 is 11.6 Å². The van der Waals surface area contributed by atoms with E-state index < -0.39 is 0 Å². The Morgan fingerprint density at radius 2 is 1.72 bits per heavy atom. The lowest BCUT2D eigenvalue weighted by molar-refractivity contribution is 0.192. The number of aromatic nitrogens is 2. The first-order chi connectivity index (χ1) is 15.5. The molecule has 1 aromatic heterocycles. The van der Waals surface area contributed by atoms with Crippen molar-refractivity contribution in [3.8, 4) is 11.5 Å². The van der Waals surface area contributed by atoms with E-state index in [0.717, 1.165) is 44.0 Å². The van der Waals surface area contributed by atoms with Gasteiger partial charge in [0.2, 0.25) is 0 Å². The van der Waals surface area contributed by atoms with Crippen molar-refractivity contribution in [3.05, 3.63) is 77.6 Å². The Labute approximate surface area is 193 Å². The summed E-state index contributed by atoms with van der Waals surface area (Å²) in [6.45, 7) is 2.51. The third kappa shape index (κ3) is 4.52. The Balaban J connectivity index is 1.13. The lowest BCUT2D eigenvalue weighted by Crippen LogP contribution is -2.36. The molecule has 0 spiro atoms. The lowest BCUT2D eigenvalue weighted by Gasteiger charge is -2.26. The molecule has 0 N–H and O–H groups in total. The minimum atomic E-state index is -0.0750. The van der Waals surface area contributed by atoms with Crippen molar-refractivity contribution in [3.63, 3.8) is 0 Å². The quantitative estimate of drug-likeness (QED) is 0.540. The van der Waals surface area contributed by atoms with Gasteiger partial charge in [-0.15, -0.1) is 0 Å². The summed E-state index contributed by atoms with van der Waals surface area (Å²) in [7, 11) is 2.20. The van der Waals surface area contributed by atoms with Crippen molar-refractivity contribution in [1.29, 1.82) is 0 Å². The van der Waals surface area contributed by atoms with E-state index in [1.165, 1.54) is 16.4 Å². The molecule has 0 unspecified atom stereocenters. The van der Waals surface area contributed by atoms with Gasteiger partial charge >= 0.3 is 6.03 Å². The number of amides is 1. The molecule has 0 bridgehead atoms. The standard InChI is InChI=1S/C25H27ClN4O2/c1-28(14-18-7-9-24(10-8-18)32-23-5-3-2-4-6-23)22-11-19-15-29(16-20(19)12-22)25(31)30-17-21(26)13-27-30/h2-10,13,17,19-20,22H,11-12,14-16H2,1H3/t19-,20+,22+. The second-order valence-corrected chi connectivity index (χ2v) is 9.35. The molecule has 0 radical (unpaired) electrons. The van der Waals surface area contributed by atoms with E-state index in [2.05, 4.69) is 29.2 Å². The van der Waals surface area contributed by atoms with E-state index >= 15 is 0 Å². The highest BCUT2D eigenvalue weighted by atomic mass is 35.5. The van der Waals surface area contributed by atoms with Gasteiger partial charge in [-0.3, -0.25) is 4.90 Å². The first kappa shape index (κ1) is 21.0. The van der Waals surface area contributed by atoms with E-state index in [0.29, 0.717) is 22.9 Å². The number of para-hydroxylation sites is 1. The molecule has 3 atom stereocenters. The fraction of sp³-hybridized carbons (Fsp3) is 0.360. The number of hydrogen-bond acceptors (Lipinski definition) is 4. The van der Waals surface area contributed by atoms with Gasteiger partial charge in [0.25, 0.3) is 0 Å². The summed E-state index contributed by atoms with van der Waals surface area (Å²) >= 11 is 5.91. The maximum atomic E-state index is 12.6. The van der Waals surface area contributed by atoms with Crippen molar-refractivity contribution >= 4 is 17.6 Å². The molecule has 1 aliphatic carbocycles. The van der Waals surface area contributed by atoms with Crippen LogP contribution in [0.15, 0.2) is 67.0 Å². The van der Waals surface area contributed by atoms with Gasteiger partial charge in [-0.1, -0.05) is 41.9 Å². The average molecular weight is 451 g/mol. The fourth-order valence-electron chi connectivity index (χ4n) is 5.04. The van der Waals surface area contributed by atoms with Crippen molar-refractivity contribution in [2.45, 2.75) is 25.4 Å². The summed E-state index contributed by atoms with van der Waals surface area (Å²) in [6.07, 6.45) is 5.33. The van der Waals surface area contributed by atoms with Crippen LogP contribution in [0, 0.1) is 11.8 Å². The zero-order valence-corrected chi connectivity index (χ0v) is 18.9. The molecular weight excluding hydrogens is 424 g/mol. The smallest absolute Gasteiger partial charge is 0.344 e. The second-order valence-electron chi connectivity index (χ2n) is 8.91. The summed E-state index contributed by atoms with van der Waals surface area (Å²) in [5.41, 5.74) is 1.28. The van der Waals surface area contributed by atoms with Gasteiger partial charge in [-0.25, -0.2) is 4.79 Å². The molecule has 2 heterocycles. The normalized spacial score (nSPS) is 22.3. The lowest BCUT2D eigenvalue weighted by atomic mass is 10.0. The highest BCUT2D eigenvalue weighted by molar-refractivity contribution is 6.30. The Morgan fingerprint density at radius 3 is 2.34 bits per heavy atom. The van der Waals surface area contributed by atoms with Crippen molar-refractivity contribution in [2.75, 3.05) is 20.1 Å². The van der Waals surface area contributed by atoms with E-state index in [1.54, 1.807) is 6.20 Å². The van der Waals surface area contributed by atoms with Crippen LogP contribution in [0.5, 0.6) is 11.5 Å². The Kier molecular flexibility index (Phi) is 5.89. The highest BCUT2D eigenvalue weighted by Crippen LogP contribution is 2.40. The maximum Gasteiger partial charge on any atom is 0.344 e. The molecule has 1 saturated carbocycles. The van der Waals surface area contributed by atoms with Gasteiger partial charge in [0.1, 0.15) is 11.5 Å². The molecule has 1 aliphatic heterocycles. The zero-order valence-electron chi connectivity index (χ0n) is 18.1. The van der Waals surface area contributed by atoms with Crippen molar-refractivity contribution in [1.82, 2.24) is 19.6 Å². The summed E-state index contributed by atoms with van der Waals surface area (Å²) in [5, 5.41) is 4.54. The van der Waals surface area contributed by atoms with Crippen LogP contribution in [0.25, 0.3) is 0 Å². The molecule has 2 aromatic carbocycles. The molecule has 3 aromatic rings. The largest absolute Gasteiger partial charge is 0.457 e. The first-order valence-corrected chi connectivity index (χ1v) is 11.4. The van der Waals surface area contributed by atoms with E-state index in [4.69, 9.17) is 16.3 Å². The van der Waals surface area contributed by atoms with Crippen LogP contribution in [0.1, 0.15) is 18.4 Å². The first-order valence-electron chi connectivity index (χ1n) is 11.1. The average Bonchev–Trinajstić information content (AvgIpc) is 3.50. The summed E-state index contributed by atoms with van der Waals surface area (Å²) in [5.74, 6) is 2.80. The van der Waals surface area contributed by atoms with Crippen LogP contribution in [0.4, 0.5) is 4.79 Å². The molecule has 2 fully saturated rings. The molecule has 7 heteroatoms. The number of fused-ring (bicyclic) bond motifs is 1. The molecule has 166 valence electrons. The molecule has 2 aliphatic rings. The zero-order chi connectivity index (χ0) is 22.1. The molecule has 1 saturated heterocycles. The Morgan fingerprint density at radius 1 is 1.06 bits per heavy atom. The maximum absolute atomic E-state index is 12.6. The fourth-order valence-corrected chi connectivity index (χ4v) is 5.18. The number of carbonyl (C=O) groups is 1. The monoisotopic (exact) mass is 450 g/mol. The second kappa shape index (κ2) is 8.96. The van der Waals surface area contributed by atoms with E-state index in [9.17, 15) is 4.79 Å². The van der Waals surface area contributed by atoms with E-state index in [-0.39, 0.29) is 6.03 Å². The summed E-state index contributed by atoms with van der Waals surface area (Å²) in [4.78, 5) is 17.0. The van der Waals surface area contributed by atoms with Crippen LogP contribution in [0.3, 0.4) is 0 Å². The number of ether oxygens (including phenoxy) is 1. The van der Waals surface area contributed by atoms with Gasteiger partial charge in [0, 0.05) is 25.7 Å². The SMILES string of the molecule is CN(Cc1ccc(Oc2ccccc2)cc1)[C@H]1C[C@@H]2CN(C(=O)n3cc(Cl)cn3)C[C@@H]2C1. The minimum Gasteiger partial charge on any atom is -0.457 e. The van der Waals surface area contributed by atoms with E-state index in [1.807, 2.05) is 47.4 Å². The van der Waals surface area contributed by atoms with Crippen molar-refractivity contribution in [2.24, 2.45) is 11.8 Å². The number of halogens is 1. The number of likely N-dealkylation sites (tertiary alicyclic amines) is 1. The summed E-state index contributed by atoms with van der Waals surface area (Å²) in [6, 6.07) is 18.6. The van der Waals surface area contributed by atoms with Gasteiger partial charge in [-0.2, -0.15) is 9.78 Å². The van der Waals surface area contributed by atoms with Crippen LogP contribution in [0.2, 0.25) is 5.02 Å². The number of hydrogen-bond donors (Lipinski definition) is 0. The van der Waals surface area contributed by atoms with Gasteiger partial charge in [0.05, 0.1) is 17.4 Å². The minimum absolute atomic E-state index is 0.0750. The van der Waals surface area contributed by atoms with Gasteiger partial charge < -0.3 is 9.64 Å². The Bertz CT molecular complexity index is 1060. The van der Waals surface area contributed by atoms with Crippen molar-refractivity contribution < 1.29 is 9.53 Å². The number of rotatable bonds is 5. The van der Waals surface area contributed by atoms with Gasteiger partial charge in [0.15, 0.2) is 0 Å². The van der Waals surface area contributed by atoms with Crippen LogP contribution in [-0.2, 0) is 6.54 Å². The van der Waals surface area contributed by atoms with Crippen LogP contribution < -0.4 is 4.74 Å². The van der Waals surface area contributed by atoms with Gasteiger partial charge in [-0.05, 0) is 61.6 Å².